The molecule has 0 aliphatic rings. The van der Waals surface area contributed by atoms with E-state index in [-0.39, 0.29) is 0 Å². The molecule has 0 saturated carbocycles. The molecule has 0 spiro atoms. The van der Waals surface area contributed by atoms with Crippen molar-refractivity contribution in [2.24, 2.45) is 0 Å². The molecule has 0 radical (unpaired) electrons. The smallest absolute Gasteiger partial charge is 0.0544 e. The molecule has 2 rings (SSSR count). The Morgan fingerprint density at radius 1 is 1.37 bits per heavy atom. The topological polar surface area (TPSA) is 28.2 Å². The fraction of sp³-hybridized carbons (Fsp3) is 0.357. The number of hydrogen-bond donors (Lipinski definition) is 1. The van der Waals surface area contributed by atoms with Crippen molar-refractivity contribution in [3.8, 4) is 0 Å². The van der Waals surface area contributed by atoms with E-state index in [1.54, 1.807) is 11.3 Å². The minimum atomic E-state index is 0.867. The number of nitrogens with zero attached hydrogens (tertiary/aromatic N) is 2. The second kappa shape index (κ2) is 7.14. The Kier molecular flexibility index (Phi) is 5.51. The first kappa shape index (κ1) is 14.7. The van der Waals surface area contributed by atoms with E-state index < -0.39 is 0 Å². The molecule has 0 atom stereocenters. The lowest BCUT2D eigenvalue weighted by Gasteiger charge is -2.15. The maximum atomic E-state index is 4.50. The van der Waals surface area contributed by atoms with Crippen LogP contribution in [0.4, 0.5) is 0 Å². The van der Waals surface area contributed by atoms with Crippen LogP contribution < -0.4 is 5.32 Å². The van der Waals surface area contributed by atoms with Crippen LogP contribution >= 0.6 is 27.3 Å². The van der Waals surface area contributed by atoms with Gasteiger partial charge in [0.1, 0.15) is 0 Å². The molecular formula is C14H18BrN3S. The Morgan fingerprint density at radius 3 is 2.79 bits per heavy atom. The molecule has 0 aliphatic heterocycles. The molecule has 2 heterocycles. The lowest BCUT2D eigenvalue weighted by atomic mass is 10.2. The van der Waals surface area contributed by atoms with Crippen LogP contribution in [0.2, 0.25) is 0 Å². The van der Waals surface area contributed by atoms with Gasteiger partial charge in [0.2, 0.25) is 0 Å². The number of aromatic nitrogens is 1. The van der Waals surface area contributed by atoms with E-state index in [1.807, 2.05) is 13.2 Å². The molecule has 2 aromatic rings. The highest BCUT2D eigenvalue weighted by molar-refractivity contribution is 9.10. The normalized spacial score (nSPS) is 11.2. The van der Waals surface area contributed by atoms with Crippen molar-refractivity contribution in [1.29, 1.82) is 0 Å². The highest BCUT2D eigenvalue weighted by Crippen LogP contribution is 2.21. The molecule has 1 N–H and O–H groups in total. The maximum Gasteiger partial charge on any atom is 0.0544 e. The minimum absolute atomic E-state index is 0.867. The number of thiophene rings is 1. The Labute approximate surface area is 126 Å². The predicted molar refractivity (Wildman–Crippen MR) is 84.2 cm³/mol. The number of hydrogen-bond acceptors (Lipinski definition) is 4. The molecule has 0 unspecified atom stereocenters. The largest absolute Gasteiger partial charge is 0.316 e. The first-order chi connectivity index (χ1) is 9.17. The van der Waals surface area contributed by atoms with E-state index >= 15 is 0 Å². The van der Waals surface area contributed by atoms with E-state index in [2.05, 4.69) is 61.8 Å². The third-order valence-electron chi connectivity index (χ3n) is 2.75. The van der Waals surface area contributed by atoms with Gasteiger partial charge in [0.25, 0.3) is 0 Å². The van der Waals surface area contributed by atoms with Crippen molar-refractivity contribution in [3.63, 3.8) is 0 Å². The number of nitrogens with one attached hydrogen (secondary N) is 1. The van der Waals surface area contributed by atoms with Crippen LogP contribution in [0.1, 0.15) is 16.1 Å². The summed E-state index contributed by atoms with van der Waals surface area (Å²) in [4.78, 5) is 8.13. The Balaban J connectivity index is 1.89. The Hall–Kier alpha value is -0.750. The van der Waals surface area contributed by atoms with Crippen LogP contribution in [0, 0.1) is 0 Å². The Morgan fingerprint density at radius 2 is 2.21 bits per heavy atom. The van der Waals surface area contributed by atoms with E-state index in [1.165, 1.54) is 10.4 Å². The number of rotatable bonds is 6. The van der Waals surface area contributed by atoms with Crippen LogP contribution in [0.25, 0.3) is 0 Å². The molecule has 0 aliphatic carbocycles. The van der Waals surface area contributed by atoms with Crippen molar-refractivity contribution >= 4 is 27.3 Å². The molecule has 102 valence electrons. The summed E-state index contributed by atoms with van der Waals surface area (Å²) in [6.07, 6.45) is 1.95. The molecule has 0 fully saturated rings. The van der Waals surface area contributed by atoms with Crippen LogP contribution in [0.15, 0.2) is 34.2 Å². The van der Waals surface area contributed by atoms with Gasteiger partial charge in [0.05, 0.1) is 5.69 Å². The van der Waals surface area contributed by atoms with Gasteiger partial charge in [-0.3, -0.25) is 9.88 Å². The van der Waals surface area contributed by atoms with Gasteiger partial charge in [0, 0.05) is 40.6 Å². The van der Waals surface area contributed by atoms with Gasteiger partial charge < -0.3 is 5.32 Å². The number of halogens is 1. The molecule has 19 heavy (non-hydrogen) atoms. The quantitative estimate of drug-likeness (QED) is 0.875. The lowest BCUT2D eigenvalue weighted by Crippen LogP contribution is -2.17. The Bertz CT molecular complexity index is 510. The van der Waals surface area contributed by atoms with Gasteiger partial charge >= 0.3 is 0 Å². The van der Waals surface area contributed by atoms with Gasteiger partial charge in [-0.15, -0.1) is 11.3 Å². The summed E-state index contributed by atoms with van der Waals surface area (Å²) < 4.78 is 1.16. The summed E-state index contributed by atoms with van der Waals surface area (Å²) in [6, 6.07) is 6.41. The van der Waals surface area contributed by atoms with E-state index in [0.717, 1.165) is 29.8 Å². The number of pyridine rings is 1. The summed E-state index contributed by atoms with van der Waals surface area (Å²) in [5.74, 6) is 0. The highest BCUT2D eigenvalue weighted by Gasteiger charge is 2.05. The van der Waals surface area contributed by atoms with E-state index in [9.17, 15) is 0 Å². The lowest BCUT2D eigenvalue weighted by molar-refractivity contribution is 0.318. The summed E-state index contributed by atoms with van der Waals surface area (Å²) >= 11 is 5.27. The fourth-order valence-electron chi connectivity index (χ4n) is 1.89. The molecule has 5 heteroatoms. The van der Waals surface area contributed by atoms with Gasteiger partial charge in [-0.2, -0.15) is 0 Å². The van der Waals surface area contributed by atoms with Crippen LogP contribution in [-0.4, -0.2) is 24.0 Å². The predicted octanol–water partition coefficient (Wildman–Crippen LogP) is 3.26. The van der Waals surface area contributed by atoms with Crippen molar-refractivity contribution < 1.29 is 0 Å². The average molecular weight is 340 g/mol. The third-order valence-corrected chi connectivity index (χ3v) is 4.43. The minimum Gasteiger partial charge on any atom is -0.316 e. The van der Waals surface area contributed by atoms with E-state index in [4.69, 9.17) is 0 Å². The monoisotopic (exact) mass is 339 g/mol. The second-order valence-corrected chi connectivity index (χ2v) is 6.50. The zero-order chi connectivity index (χ0) is 13.7. The SMILES string of the molecule is CNCc1ccc(CN(C)Cc2cc(Br)cs2)nc1. The fourth-order valence-corrected chi connectivity index (χ4v) is 3.42. The first-order valence-electron chi connectivity index (χ1n) is 6.17. The second-order valence-electron chi connectivity index (χ2n) is 4.59. The standard InChI is InChI=1S/C14H18BrN3S/c1-16-6-11-3-4-13(17-7-11)8-18(2)9-14-5-12(15)10-19-14/h3-5,7,10,16H,6,8-9H2,1-2H3. The average Bonchev–Trinajstić information content (AvgIpc) is 2.77. The van der Waals surface area contributed by atoms with Gasteiger partial charge in [0.15, 0.2) is 0 Å². The van der Waals surface area contributed by atoms with E-state index in [0.29, 0.717) is 0 Å². The highest BCUT2D eigenvalue weighted by atomic mass is 79.9. The van der Waals surface area contributed by atoms with Crippen LogP contribution in [0.3, 0.4) is 0 Å². The van der Waals surface area contributed by atoms with Crippen LogP contribution in [-0.2, 0) is 19.6 Å². The molecule has 3 nitrogen and oxygen atoms in total. The summed E-state index contributed by atoms with van der Waals surface area (Å²) in [5.41, 5.74) is 2.33. The van der Waals surface area contributed by atoms with Gasteiger partial charge in [-0.25, -0.2) is 0 Å². The summed E-state index contributed by atoms with van der Waals surface area (Å²) in [6.45, 7) is 2.69. The molecule has 0 aromatic carbocycles. The van der Waals surface area contributed by atoms with Crippen molar-refractivity contribution in [3.05, 3.63) is 50.4 Å². The molecule has 0 bridgehead atoms. The van der Waals surface area contributed by atoms with Crippen molar-refractivity contribution in [1.82, 2.24) is 15.2 Å². The zero-order valence-corrected chi connectivity index (χ0v) is 13.6. The van der Waals surface area contributed by atoms with Crippen LogP contribution in [0.5, 0.6) is 0 Å². The summed E-state index contributed by atoms with van der Waals surface area (Å²) in [5, 5.41) is 5.24. The van der Waals surface area contributed by atoms with Gasteiger partial charge in [-0.1, -0.05) is 6.07 Å². The molecule has 0 amide bonds. The van der Waals surface area contributed by atoms with Crippen molar-refractivity contribution in [2.45, 2.75) is 19.6 Å². The molecule has 2 aromatic heterocycles. The summed E-state index contributed by atoms with van der Waals surface area (Å²) in [7, 11) is 4.07. The van der Waals surface area contributed by atoms with Crippen molar-refractivity contribution in [2.75, 3.05) is 14.1 Å². The third kappa shape index (κ3) is 4.69. The first-order valence-corrected chi connectivity index (χ1v) is 7.84. The van der Waals surface area contributed by atoms with Gasteiger partial charge in [-0.05, 0) is 47.7 Å². The molecular weight excluding hydrogens is 322 g/mol. The zero-order valence-electron chi connectivity index (χ0n) is 11.2. The maximum absolute atomic E-state index is 4.50. The molecule has 0 saturated heterocycles.